The topological polar surface area (TPSA) is 45.8 Å². The van der Waals surface area contributed by atoms with Crippen LogP contribution in [0, 0.1) is 11.3 Å². The maximum atomic E-state index is 11.1. The smallest absolute Gasteiger partial charge is 0.265 e. The molecular formula is C7H5BrN2O. The Morgan fingerprint density at radius 2 is 2.27 bits per heavy atom. The lowest BCUT2D eigenvalue weighted by molar-refractivity contribution is 0.836. The fraction of sp³-hybridized carbons (Fsp3) is 0.143. The van der Waals surface area contributed by atoms with Crippen LogP contribution < -0.4 is 5.56 Å². The molecule has 0 N–H and O–H groups in total. The van der Waals surface area contributed by atoms with Crippen LogP contribution in [-0.4, -0.2) is 4.57 Å². The standard InChI is InChI=1S/C7H5BrN2O/c1-10-5(4-9)2-3-6(8)7(10)11/h2-3H,1H3. The third kappa shape index (κ3) is 1.33. The van der Waals surface area contributed by atoms with Crippen molar-refractivity contribution in [2.45, 2.75) is 0 Å². The van der Waals surface area contributed by atoms with E-state index in [-0.39, 0.29) is 5.56 Å². The molecule has 0 aliphatic heterocycles. The van der Waals surface area contributed by atoms with E-state index in [0.717, 1.165) is 0 Å². The third-order valence-corrected chi connectivity index (χ3v) is 1.98. The predicted molar refractivity (Wildman–Crippen MR) is 44.1 cm³/mol. The van der Waals surface area contributed by atoms with Crippen LogP contribution in [0.3, 0.4) is 0 Å². The maximum absolute atomic E-state index is 11.1. The summed E-state index contributed by atoms with van der Waals surface area (Å²) in [5, 5.41) is 8.51. The van der Waals surface area contributed by atoms with E-state index in [1.54, 1.807) is 19.2 Å². The molecule has 1 aromatic heterocycles. The Bertz CT molecular complexity index is 375. The number of rotatable bonds is 0. The van der Waals surface area contributed by atoms with Crippen molar-refractivity contribution >= 4 is 15.9 Å². The molecule has 3 nitrogen and oxygen atoms in total. The first-order valence-electron chi connectivity index (χ1n) is 2.92. The lowest BCUT2D eigenvalue weighted by atomic mass is 10.3. The van der Waals surface area contributed by atoms with Crippen molar-refractivity contribution in [1.29, 1.82) is 5.26 Å². The maximum Gasteiger partial charge on any atom is 0.265 e. The number of nitrogens with zero attached hydrogens (tertiary/aromatic N) is 2. The van der Waals surface area contributed by atoms with Crippen molar-refractivity contribution in [3.05, 3.63) is 32.7 Å². The summed E-state index contributed by atoms with van der Waals surface area (Å²) in [7, 11) is 1.56. The summed E-state index contributed by atoms with van der Waals surface area (Å²) in [5.74, 6) is 0. The molecule has 0 saturated heterocycles. The van der Waals surface area contributed by atoms with Crippen LogP contribution in [0.5, 0.6) is 0 Å². The molecule has 1 heterocycles. The fourth-order valence-corrected chi connectivity index (χ4v) is 1.12. The quantitative estimate of drug-likeness (QED) is 0.645. The highest BCUT2D eigenvalue weighted by Gasteiger charge is 2.00. The summed E-state index contributed by atoms with van der Waals surface area (Å²) in [6.45, 7) is 0. The highest BCUT2D eigenvalue weighted by atomic mass is 79.9. The van der Waals surface area contributed by atoms with Crippen molar-refractivity contribution in [2.24, 2.45) is 7.05 Å². The largest absolute Gasteiger partial charge is 0.302 e. The third-order valence-electron chi connectivity index (χ3n) is 1.37. The zero-order valence-corrected chi connectivity index (χ0v) is 7.42. The summed E-state index contributed by atoms with van der Waals surface area (Å²) < 4.78 is 1.77. The molecule has 0 aliphatic carbocycles. The molecule has 0 aliphatic rings. The molecule has 4 heteroatoms. The van der Waals surface area contributed by atoms with Crippen LogP contribution in [0.25, 0.3) is 0 Å². The predicted octanol–water partition coefficient (Wildman–Crippen LogP) is 1.02. The van der Waals surface area contributed by atoms with Gasteiger partial charge in [-0.2, -0.15) is 5.26 Å². The minimum Gasteiger partial charge on any atom is -0.302 e. The van der Waals surface area contributed by atoms with E-state index in [4.69, 9.17) is 5.26 Å². The number of halogens is 1. The number of aromatic nitrogens is 1. The number of hydrogen-bond acceptors (Lipinski definition) is 2. The first-order valence-corrected chi connectivity index (χ1v) is 3.71. The van der Waals surface area contributed by atoms with Gasteiger partial charge in [0.25, 0.3) is 5.56 Å². The van der Waals surface area contributed by atoms with E-state index in [1.165, 1.54) is 4.57 Å². The van der Waals surface area contributed by atoms with Crippen LogP contribution >= 0.6 is 15.9 Å². The number of nitriles is 1. The molecule has 1 rings (SSSR count). The van der Waals surface area contributed by atoms with E-state index in [0.29, 0.717) is 10.2 Å². The van der Waals surface area contributed by atoms with Gasteiger partial charge in [0.1, 0.15) is 11.8 Å². The van der Waals surface area contributed by atoms with E-state index >= 15 is 0 Å². The van der Waals surface area contributed by atoms with Crippen molar-refractivity contribution < 1.29 is 0 Å². The van der Waals surface area contributed by atoms with Crippen molar-refractivity contribution in [2.75, 3.05) is 0 Å². The molecule has 56 valence electrons. The molecule has 0 unspecified atom stereocenters. The lowest BCUT2D eigenvalue weighted by Crippen LogP contribution is -2.19. The SMILES string of the molecule is Cn1c(C#N)ccc(Br)c1=O. The van der Waals surface area contributed by atoms with Gasteiger partial charge >= 0.3 is 0 Å². The van der Waals surface area contributed by atoms with Crippen molar-refractivity contribution in [1.82, 2.24) is 4.57 Å². The highest BCUT2D eigenvalue weighted by molar-refractivity contribution is 9.10. The average molecular weight is 213 g/mol. The first kappa shape index (κ1) is 8.02. The Hall–Kier alpha value is -1.08. The van der Waals surface area contributed by atoms with Gasteiger partial charge in [0, 0.05) is 7.05 Å². The minimum absolute atomic E-state index is 0.191. The van der Waals surface area contributed by atoms with Crippen molar-refractivity contribution in [3.8, 4) is 6.07 Å². The van der Waals surface area contributed by atoms with E-state index < -0.39 is 0 Å². The van der Waals surface area contributed by atoms with E-state index in [2.05, 4.69) is 15.9 Å². The van der Waals surface area contributed by atoms with Crippen LogP contribution in [-0.2, 0) is 7.05 Å². The Kier molecular flexibility index (Phi) is 2.11. The molecule has 1 aromatic rings. The molecule has 0 amide bonds. The lowest BCUT2D eigenvalue weighted by Gasteiger charge is -1.98. The summed E-state index contributed by atoms with van der Waals surface area (Å²) in [6, 6.07) is 5.06. The second kappa shape index (κ2) is 2.89. The van der Waals surface area contributed by atoms with Gasteiger partial charge in [-0.3, -0.25) is 4.79 Å². The Morgan fingerprint density at radius 1 is 1.64 bits per heavy atom. The van der Waals surface area contributed by atoms with Gasteiger partial charge in [-0.05, 0) is 28.1 Å². The molecule has 0 fully saturated rings. The Morgan fingerprint density at radius 3 is 2.82 bits per heavy atom. The van der Waals surface area contributed by atoms with Crippen LogP contribution in [0.4, 0.5) is 0 Å². The molecule has 0 aromatic carbocycles. The molecule has 0 bridgehead atoms. The molecule has 0 saturated carbocycles. The second-order valence-electron chi connectivity index (χ2n) is 2.04. The van der Waals surface area contributed by atoms with Gasteiger partial charge in [0.05, 0.1) is 4.47 Å². The molecule has 0 atom stereocenters. The molecular weight excluding hydrogens is 208 g/mol. The zero-order chi connectivity index (χ0) is 8.43. The van der Waals surface area contributed by atoms with Crippen LogP contribution in [0.1, 0.15) is 5.69 Å². The second-order valence-corrected chi connectivity index (χ2v) is 2.90. The monoisotopic (exact) mass is 212 g/mol. The first-order chi connectivity index (χ1) is 5.16. The van der Waals surface area contributed by atoms with Gasteiger partial charge < -0.3 is 4.57 Å². The summed E-state index contributed by atoms with van der Waals surface area (Å²) in [5.41, 5.74) is 0.169. The van der Waals surface area contributed by atoms with Crippen LogP contribution in [0.15, 0.2) is 21.4 Å². The fourth-order valence-electron chi connectivity index (χ4n) is 0.717. The normalized spacial score (nSPS) is 9.18. The van der Waals surface area contributed by atoms with Gasteiger partial charge in [0.2, 0.25) is 0 Å². The van der Waals surface area contributed by atoms with Crippen LogP contribution in [0.2, 0.25) is 0 Å². The Labute approximate surface area is 72.0 Å². The Balaban J connectivity index is 3.53. The molecule has 0 radical (unpaired) electrons. The zero-order valence-electron chi connectivity index (χ0n) is 5.84. The number of pyridine rings is 1. The average Bonchev–Trinajstić information content (AvgIpc) is 2.01. The van der Waals surface area contributed by atoms with Gasteiger partial charge in [-0.25, -0.2) is 0 Å². The number of hydrogen-bond donors (Lipinski definition) is 0. The van der Waals surface area contributed by atoms with Gasteiger partial charge in [-0.1, -0.05) is 0 Å². The van der Waals surface area contributed by atoms with Gasteiger partial charge in [0.15, 0.2) is 0 Å². The van der Waals surface area contributed by atoms with E-state index in [9.17, 15) is 4.79 Å². The summed E-state index contributed by atoms with van der Waals surface area (Å²) >= 11 is 3.07. The van der Waals surface area contributed by atoms with Gasteiger partial charge in [-0.15, -0.1) is 0 Å². The molecule has 11 heavy (non-hydrogen) atoms. The minimum atomic E-state index is -0.191. The summed E-state index contributed by atoms with van der Waals surface area (Å²) in [4.78, 5) is 11.1. The molecule has 0 spiro atoms. The highest BCUT2D eigenvalue weighted by Crippen LogP contribution is 2.02. The van der Waals surface area contributed by atoms with Crippen molar-refractivity contribution in [3.63, 3.8) is 0 Å². The van der Waals surface area contributed by atoms with E-state index in [1.807, 2.05) is 6.07 Å². The summed E-state index contributed by atoms with van der Waals surface area (Å²) in [6.07, 6.45) is 0.